The van der Waals surface area contributed by atoms with Gasteiger partial charge in [-0.05, 0) is 84.2 Å². The van der Waals surface area contributed by atoms with Crippen LogP contribution >= 0.6 is 11.6 Å². The van der Waals surface area contributed by atoms with Crippen LogP contribution in [0.3, 0.4) is 0 Å². The van der Waals surface area contributed by atoms with E-state index in [9.17, 15) is 4.79 Å². The van der Waals surface area contributed by atoms with Crippen molar-refractivity contribution in [3.05, 3.63) is 99.1 Å². The molecule has 5 heteroatoms. The lowest BCUT2D eigenvalue weighted by Gasteiger charge is -2.30. The highest BCUT2D eigenvalue weighted by molar-refractivity contribution is 6.30. The number of rotatable bonds is 3. The van der Waals surface area contributed by atoms with Gasteiger partial charge in [-0.1, -0.05) is 36.2 Å². The van der Waals surface area contributed by atoms with Gasteiger partial charge < -0.3 is 4.90 Å². The van der Waals surface area contributed by atoms with Crippen LogP contribution in [0.5, 0.6) is 0 Å². The maximum absolute atomic E-state index is 12.9. The lowest BCUT2D eigenvalue weighted by molar-refractivity contribution is -0.130. The number of pyridine rings is 2. The normalized spacial score (nSPS) is 15.6. The molecule has 3 heterocycles. The Bertz CT molecular complexity index is 1210. The molecule has 4 nitrogen and oxygen atoms in total. The molecule has 0 saturated carbocycles. The number of halogens is 1. The summed E-state index contributed by atoms with van der Waals surface area (Å²) >= 11 is 6.36. The van der Waals surface area contributed by atoms with Gasteiger partial charge in [-0.2, -0.15) is 0 Å². The largest absolute Gasteiger partial charge is 0.342 e. The number of aryl methyl sites for hydroxylation is 3. The van der Waals surface area contributed by atoms with Crippen LogP contribution in [-0.2, 0) is 30.5 Å². The molecule has 1 amide bonds. The van der Waals surface area contributed by atoms with Crippen molar-refractivity contribution in [3.63, 3.8) is 0 Å². The molecule has 1 aliphatic heterocycles. The summed E-state index contributed by atoms with van der Waals surface area (Å²) in [5.41, 5.74) is 9.92. The van der Waals surface area contributed by atoms with Gasteiger partial charge in [0.15, 0.2) is 0 Å². The van der Waals surface area contributed by atoms with E-state index in [0.717, 1.165) is 61.5 Å². The molecule has 2 aliphatic rings. The summed E-state index contributed by atoms with van der Waals surface area (Å²) in [7, 11) is 0. The Morgan fingerprint density at radius 3 is 2.48 bits per heavy atom. The predicted octanol–water partition coefficient (Wildman–Crippen LogP) is 5.46. The monoisotopic (exact) mass is 457 g/mol. The number of likely N-dealkylation sites (tertiary alicyclic amines) is 1. The van der Waals surface area contributed by atoms with Gasteiger partial charge in [0.25, 0.3) is 0 Å². The van der Waals surface area contributed by atoms with E-state index in [1.165, 1.54) is 33.4 Å². The van der Waals surface area contributed by atoms with E-state index in [-0.39, 0.29) is 5.91 Å². The van der Waals surface area contributed by atoms with Gasteiger partial charge >= 0.3 is 0 Å². The summed E-state index contributed by atoms with van der Waals surface area (Å²) in [6.07, 6.45) is 10.6. The third kappa shape index (κ3) is 4.58. The second-order valence-electron chi connectivity index (χ2n) is 8.90. The molecule has 0 bridgehead atoms. The van der Waals surface area contributed by atoms with Crippen LogP contribution in [-0.4, -0.2) is 33.9 Å². The average Bonchev–Trinajstić information content (AvgIpc) is 3.00. The molecule has 1 aliphatic carbocycles. The fourth-order valence-electron chi connectivity index (χ4n) is 5.00. The number of carbonyl (C=O) groups excluding carboxylic acids is 1. The van der Waals surface area contributed by atoms with Gasteiger partial charge in [0.2, 0.25) is 5.91 Å². The van der Waals surface area contributed by atoms with Crippen LogP contribution in [0, 0.1) is 0 Å². The summed E-state index contributed by atoms with van der Waals surface area (Å²) in [6, 6.07) is 12.4. The second kappa shape index (κ2) is 9.48. The molecule has 33 heavy (non-hydrogen) atoms. The minimum Gasteiger partial charge on any atom is -0.342 e. The molecule has 1 fully saturated rings. The van der Waals surface area contributed by atoms with E-state index in [0.29, 0.717) is 6.42 Å². The number of nitrogens with zero attached hydrogens (tertiary/aromatic N) is 3. The van der Waals surface area contributed by atoms with Crippen molar-refractivity contribution in [2.24, 2.45) is 0 Å². The third-order valence-corrected chi connectivity index (χ3v) is 7.08. The van der Waals surface area contributed by atoms with Gasteiger partial charge in [0, 0.05) is 42.3 Å². The molecule has 1 saturated heterocycles. The standard InChI is InChI=1S/C28H28ClN3O/c1-2-19-15-23-4-3-22-17-24(29)5-6-25(22)27(28(23)31-18-19)21-9-13-32(14-10-21)26(33)16-20-7-11-30-12-8-20/h5-8,11-12,15,17-18H,2-4,9-10,13-14,16H2,1H3. The van der Waals surface area contributed by atoms with E-state index >= 15 is 0 Å². The summed E-state index contributed by atoms with van der Waals surface area (Å²) in [5, 5.41) is 0.780. The van der Waals surface area contributed by atoms with Crippen LogP contribution < -0.4 is 0 Å². The van der Waals surface area contributed by atoms with E-state index in [1.54, 1.807) is 12.4 Å². The van der Waals surface area contributed by atoms with Gasteiger partial charge in [0.1, 0.15) is 0 Å². The summed E-state index contributed by atoms with van der Waals surface area (Å²) < 4.78 is 0. The molecule has 0 N–H and O–H groups in total. The number of hydrogen-bond acceptors (Lipinski definition) is 3. The lowest BCUT2D eigenvalue weighted by Crippen LogP contribution is -2.37. The highest BCUT2D eigenvalue weighted by atomic mass is 35.5. The average molecular weight is 458 g/mol. The fraction of sp³-hybridized carbons (Fsp3) is 0.321. The number of aromatic nitrogens is 2. The van der Waals surface area contributed by atoms with Crippen LogP contribution in [0.4, 0.5) is 0 Å². The number of carbonyl (C=O) groups is 1. The van der Waals surface area contributed by atoms with Crippen molar-refractivity contribution in [1.82, 2.24) is 14.9 Å². The van der Waals surface area contributed by atoms with Crippen LogP contribution in [0.15, 0.2) is 60.6 Å². The fourth-order valence-corrected chi connectivity index (χ4v) is 5.19. The molecule has 1 aromatic carbocycles. The Morgan fingerprint density at radius 2 is 1.73 bits per heavy atom. The van der Waals surface area contributed by atoms with Crippen LogP contribution in [0.2, 0.25) is 5.02 Å². The molecule has 0 unspecified atom stereocenters. The van der Waals surface area contributed by atoms with Crippen molar-refractivity contribution >= 4 is 23.1 Å². The van der Waals surface area contributed by atoms with Crippen molar-refractivity contribution < 1.29 is 4.79 Å². The van der Waals surface area contributed by atoms with E-state index in [1.807, 2.05) is 29.3 Å². The molecule has 0 spiro atoms. The smallest absolute Gasteiger partial charge is 0.227 e. The first-order valence-electron chi connectivity index (χ1n) is 11.8. The quantitative estimate of drug-likeness (QED) is 0.524. The lowest BCUT2D eigenvalue weighted by atomic mass is 9.88. The SMILES string of the molecule is CCc1cnc2c(c1)CCc1cc(Cl)ccc1C2=C1CCN(C(=O)Cc2ccncc2)CC1. The molecular formula is C28H28ClN3O. The molecule has 2 aromatic heterocycles. The van der Waals surface area contributed by atoms with E-state index in [4.69, 9.17) is 16.6 Å². The van der Waals surface area contributed by atoms with Crippen molar-refractivity contribution in [1.29, 1.82) is 0 Å². The number of piperidine rings is 1. The summed E-state index contributed by atoms with van der Waals surface area (Å²) in [4.78, 5) is 23.9. The van der Waals surface area contributed by atoms with Crippen molar-refractivity contribution in [2.75, 3.05) is 13.1 Å². The number of amides is 1. The minimum atomic E-state index is 0.185. The van der Waals surface area contributed by atoms with Gasteiger partial charge in [-0.3, -0.25) is 14.8 Å². The molecule has 168 valence electrons. The molecular weight excluding hydrogens is 430 g/mol. The van der Waals surface area contributed by atoms with E-state index < -0.39 is 0 Å². The maximum Gasteiger partial charge on any atom is 0.227 e. The Morgan fingerprint density at radius 1 is 0.970 bits per heavy atom. The number of benzene rings is 1. The second-order valence-corrected chi connectivity index (χ2v) is 9.33. The minimum absolute atomic E-state index is 0.185. The number of fused-ring (bicyclic) bond motifs is 2. The Hall–Kier alpha value is -2.98. The number of hydrogen-bond donors (Lipinski definition) is 0. The molecule has 0 atom stereocenters. The third-order valence-electron chi connectivity index (χ3n) is 6.85. The Balaban J connectivity index is 1.47. The van der Waals surface area contributed by atoms with Gasteiger partial charge in [-0.15, -0.1) is 0 Å². The molecule has 3 aromatic rings. The predicted molar refractivity (Wildman–Crippen MR) is 132 cm³/mol. The van der Waals surface area contributed by atoms with Crippen molar-refractivity contribution in [3.8, 4) is 0 Å². The molecule has 0 radical (unpaired) electrons. The van der Waals surface area contributed by atoms with Crippen molar-refractivity contribution in [2.45, 2.75) is 45.4 Å². The van der Waals surface area contributed by atoms with E-state index in [2.05, 4.69) is 30.1 Å². The summed E-state index contributed by atoms with van der Waals surface area (Å²) in [5.74, 6) is 0.185. The first-order chi connectivity index (χ1) is 16.1. The zero-order valence-electron chi connectivity index (χ0n) is 19.0. The molecule has 5 rings (SSSR count). The zero-order chi connectivity index (χ0) is 22.8. The maximum atomic E-state index is 12.9. The van der Waals surface area contributed by atoms with Crippen LogP contribution in [0.25, 0.3) is 5.57 Å². The topological polar surface area (TPSA) is 46.1 Å². The highest BCUT2D eigenvalue weighted by Crippen LogP contribution is 2.38. The van der Waals surface area contributed by atoms with Crippen LogP contribution in [0.1, 0.15) is 53.3 Å². The Labute approximate surface area is 200 Å². The van der Waals surface area contributed by atoms with Gasteiger partial charge in [0.05, 0.1) is 12.1 Å². The Kier molecular flexibility index (Phi) is 6.28. The first kappa shape index (κ1) is 21.8. The first-order valence-corrected chi connectivity index (χ1v) is 12.2. The summed E-state index contributed by atoms with van der Waals surface area (Å²) in [6.45, 7) is 3.66. The highest BCUT2D eigenvalue weighted by Gasteiger charge is 2.26. The zero-order valence-corrected chi connectivity index (χ0v) is 19.7. The van der Waals surface area contributed by atoms with Gasteiger partial charge in [-0.25, -0.2) is 0 Å².